The molecule has 1 N–H and O–H groups in total. The van der Waals surface area contributed by atoms with Gasteiger partial charge in [-0.2, -0.15) is 13.2 Å². The molecule has 2 aromatic carbocycles. The number of esters is 1. The van der Waals surface area contributed by atoms with Gasteiger partial charge in [0.2, 0.25) is 0 Å². The third kappa shape index (κ3) is 4.87. The van der Waals surface area contributed by atoms with Crippen molar-refractivity contribution < 1.29 is 27.4 Å². The van der Waals surface area contributed by atoms with E-state index in [0.29, 0.717) is 29.3 Å². The van der Waals surface area contributed by atoms with E-state index in [-0.39, 0.29) is 0 Å². The van der Waals surface area contributed by atoms with Crippen LogP contribution in [-0.4, -0.2) is 38.1 Å². The second-order valence-electron chi connectivity index (χ2n) is 7.23. The summed E-state index contributed by atoms with van der Waals surface area (Å²) >= 11 is 0. The van der Waals surface area contributed by atoms with Crippen LogP contribution >= 0.6 is 0 Å². The topological polar surface area (TPSA) is 63.2 Å². The number of carbonyl (C=O) groups excluding carboxylic acids is 1. The third-order valence-electron chi connectivity index (χ3n) is 5.32. The number of nitrogens with zero attached hydrogens (tertiary/aromatic N) is 2. The summed E-state index contributed by atoms with van der Waals surface area (Å²) in [6, 6.07) is 11.4. The Morgan fingerprint density at radius 3 is 2.25 bits per heavy atom. The molecular formula is C23H24F3N3O3. The van der Waals surface area contributed by atoms with Crippen molar-refractivity contribution in [2.24, 2.45) is 4.99 Å². The number of ether oxygens (including phenoxy) is 2. The lowest BCUT2D eigenvalue weighted by atomic mass is 9.94. The average Bonchev–Trinajstić information content (AvgIpc) is 2.79. The van der Waals surface area contributed by atoms with Crippen molar-refractivity contribution in [1.29, 1.82) is 0 Å². The molecule has 3 rings (SSSR count). The molecular weight excluding hydrogens is 423 g/mol. The van der Waals surface area contributed by atoms with Gasteiger partial charge in [0.05, 0.1) is 37.9 Å². The lowest BCUT2D eigenvalue weighted by Gasteiger charge is -2.36. The number of hydrogen-bond donors (Lipinski definition) is 1. The van der Waals surface area contributed by atoms with Crippen molar-refractivity contribution in [3.05, 3.63) is 76.5 Å². The van der Waals surface area contributed by atoms with Crippen molar-refractivity contribution in [1.82, 2.24) is 10.2 Å². The fourth-order valence-corrected chi connectivity index (χ4v) is 3.39. The zero-order chi connectivity index (χ0) is 23.5. The fraction of sp³-hybridized carbons (Fsp3) is 0.304. The number of methoxy groups -OCH3 is 2. The van der Waals surface area contributed by atoms with E-state index in [0.717, 1.165) is 23.4 Å². The van der Waals surface area contributed by atoms with Gasteiger partial charge in [-0.1, -0.05) is 24.3 Å². The Bertz CT molecular complexity index is 1030. The van der Waals surface area contributed by atoms with Crippen molar-refractivity contribution >= 4 is 11.9 Å². The lowest BCUT2D eigenvalue weighted by Crippen LogP contribution is -2.47. The van der Waals surface area contributed by atoms with Gasteiger partial charge < -0.3 is 19.7 Å². The Balaban J connectivity index is 1.95. The Kier molecular flexibility index (Phi) is 6.76. The molecule has 1 heterocycles. The summed E-state index contributed by atoms with van der Waals surface area (Å²) < 4.78 is 49.0. The first kappa shape index (κ1) is 23.2. The van der Waals surface area contributed by atoms with Crippen molar-refractivity contribution in [2.45, 2.75) is 25.7 Å². The van der Waals surface area contributed by atoms with Crippen LogP contribution in [0.5, 0.6) is 5.75 Å². The van der Waals surface area contributed by atoms with Crippen LogP contribution in [0.4, 0.5) is 13.2 Å². The number of allylic oxidation sites excluding steroid dienone is 1. The van der Waals surface area contributed by atoms with E-state index >= 15 is 0 Å². The number of halogens is 3. The van der Waals surface area contributed by atoms with E-state index in [1.807, 2.05) is 24.3 Å². The van der Waals surface area contributed by atoms with Gasteiger partial charge in [0.25, 0.3) is 0 Å². The number of guanidine groups is 1. The predicted molar refractivity (Wildman–Crippen MR) is 114 cm³/mol. The largest absolute Gasteiger partial charge is 0.497 e. The van der Waals surface area contributed by atoms with E-state index in [1.165, 1.54) is 19.2 Å². The van der Waals surface area contributed by atoms with Crippen LogP contribution in [0.3, 0.4) is 0 Å². The van der Waals surface area contributed by atoms with Gasteiger partial charge in [-0.3, -0.25) is 0 Å². The van der Waals surface area contributed by atoms with Gasteiger partial charge in [0.1, 0.15) is 5.75 Å². The normalized spacial score (nSPS) is 17.9. The molecule has 0 amide bonds. The molecule has 0 aliphatic carbocycles. The first-order valence-electron chi connectivity index (χ1n) is 9.79. The Morgan fingerprint density at radius 1 is 1.09 bits per heavy atom. The van der Waals surface area contributed by atoms with Crippen LogP contribution in [0, 0.1) is 0 Å². The molecule has 170 valence electrons. The van der Waals surface area contributed by atoms with Crippen molar-refractivity contribution in [2.75, 3.05) is 21.3 Å². The summed E-state index contributed by atoms with van der Waals surface area (Å²) in [6.45, 7) is 2.10. The zero-order valence-electron chi connectivity index (χ0n) is 18.2. The molecule has 1 aliphatic rings. The Labute approximate surface area is 184 Å². The minimum absolute atomic E-state index is 0.304. The molecule has 1 atom stereocenters. The number of benzene rings is 2. The highest BCUT2D eigenvalue weighted by molar-refractivity contribution is 5.96. The second-order valence-corrected chi connectivity index (χ2v) is 7.23. The van der Waals surface area contributed by atoms with Gasteiger partial charge in [-0.15, -0.1) is 0 Å². The van der Waals surface area contributed by atoms with Gasteiger partial charge in [0.15, 0.2) is 5.96 Å². The SMILES string of the molecule is COC(=O)C1=C(C)N(C)C(=NCc2ccc(OC)cc2)NC1c1ccc(C(F)(F)F)cc1. The Hall–Kier alpha value is -3.49. The standard InChI is InChI=1S/C23H24F3N3O3/c1-14-19(21(30)32-4)20(16-7-9-17(10-8-16)23(24,25)26)28-22(29(14)2)27-13-15-5-11-18(31-3)12-6-15/h5-12,20H,13H2,1-4H3,(H,27,28). The zero-order valence-corrected chi connectivity index (χ0v) is 18.2. The molecule has 9 heteroatoms. The first-order valence-corrected chi connectivity index (χ1v) is 9.79. The number of rotatable bonds is 5. The average molecular weight is 447 g/mol. The Morgan fingerprint density at radius 2 is 1.72 bits per heavy atom. The summed E-state index contributed by atoms with van der Waals surface area (Å²) in [5.41, 5.74) is 1.57. The van der Waals surface area contributed by atoms with Gasteiger partial charge >= 0.3 is 12.1 Å². The van der Waals surface area contributed by atoms with Crippen molar-refractivity contribution in [3.8, 4) is 5.75 Å². The highest BCUT2D eigenvalue weighted by Crippen LogP contribution is 2.34. The predicted octanol–water partition coefficient (Wildman–Crippen LogP) is 4.29. The molecule has 0 spiro atoms. The maximum atomic E-state index is 13.0. The fourth-order valence-electron chi connectivity index (χ4n) is 3.39. The summed E-state index contributed by atoms with van der Waals surface area (Å²) in [5, 5.41) is 3.18. The number of hydrogen-bond acceptors (Lipinski definition) is 4. The van der Waals surface area contributed by atoms with E-state index < -0.39 is 23.8 Å². The van der Waals surface area contributed by atoms with Crippen molar-refractivity contribution in [3.63, 3.8) is 0 Å². The third-order valence-corrected chi connectivity index (χ3v) is 5.32. The number of carbonyl (C=O) groups is 1. The van der Waals surface area contributed by atoms with Crippen LogP contribution in [0.15, 0.2) is 64.8 Å². The maximum Gasteiger partial charge on any atom is 0.416 e. The molecule has 0 fully saturated rings. The lowest BCUT2D eigenvalue weighted by molar-refractivity contribution is -0.138. The van der Waals surface area contributed by atoms with Crippen LogP contribution < -0.4 is 10.1 Å². The summed E-state index contributed by atoms with van der Waals surface area (Å²) in [4.78, 5) is 18.8. The summed E-state index contributed by atoms with van der Waals surface area (Å²) in [6.07, 6.45) is -4.44. The molecule has 0 saturated heterocycles. The molecule has 0 radical (unpaired) electrons. The quantitative estimate of drug-likeness (QED) is 0.693. The number of alkyl halides is 3. The van der Waals surface area contributed by atoms with E-state index in [1.54, 1.807) is 26.0 Å². The molecule has 1 unspecified atom stereocenters. The molecule has 0 saturated carbocycles. The monoisotopic (exact) mass is 447 g/mol. The second kappa shape index (κ2) is 9.33. The minimum atomic E-state index is -4.44. The summed E-state index contributed by atoms with van der Waals surface area (Å²) in [7, 11) is 4.60. The highest BCUT2D eigenvalue weighted by atomic mass is 19.4. The van der Waals surface area contributed by atoms with Gasteiger partial charge in [-0.25, -0.2) is 9.79 Å². The number of aliphatic imine (C=N–C) groups is 1. The van der Waals surface area contributed by atoms with Crippen LogP contribution in [0.25, 0.3) is 0 Å². The molecule has 0 aromatic heterocycles. The molecule has 32 heavy (non-hydrogen) atoms. The minimum Gasteiger partial charge on any atom is -0.497 e. The molecule has 0 bridgehead atoms. The van der Waals surface area contributed by atoms with Crippen LogP contribution in [0.1, 0.15) is 29.7 Å². The highest BCUT2D eigenvalue weighted by Gasteiger charge is 2.35. The molecule has 1 aliphatic heterocycles. The van der Waals surface area contributed by atoms with E-state index in [4.69, 9.17) is 9.47 Å². The van der Waals surface area contributed by atoms with Crippen LogP contribution in [-0.2, 0) is 22.3 Å². The maximum absolute atomic E-state index is 13.0. The van der Waals surface area contributed by atoms with E-state index in [2.05, 4.69) is 10.3 Å². The molecule has 6 nitrogen and oxygen atoms in total. The van der Waals surface area contributed by atoms with Gasteiger partial charge in [0, 0.05) is 12.7 Å². The van der Waals surface area contributed by atoms with Gasteiger partial charge in [-0.05, 0) is 42.3 Å². The van der Waals surface area contributed by atoms with Crippen LogP contribution in [0.2, 0.25) is 0 Å². The van der Waals surface area contributed by atoms with E-state index in [9.17, 15) is 18.0 Å². The molecule has 2 aromatic rings. The smallest absolute Gasteiger partial charge is 0.416 e. The first-order chi connectivity index (χ1) is 15.2. The number of nitrogens with one attached hydrogen (secondary N) is 1. The summed E-state index contributed by atoms with van der Waals surface area (Å²) in [5.74, 6) is 0.648.